The Morgan fingerprint density at radius 3 is 3.12 bits per heavy atom. The maximum Gasteiger partial charge on any atom is 0.155 e. The van der Waals surface area contributed by atoms with Gasteiger partial charge >= 0.3 is 0 Å². The predicted octanol–water partition coefficient (Wildman–Crippen LogP) is 1.93. The molecule has 0 unspecified atom stereocenters. The molecule has 0 amide bonds. The summed E-state index contributed by atoms with van der Waals surface area (Å²) in [5.74, 6) is 0. The zero-order valence-electron chi connectivity index (χ0n) is 9.90. The van der Waals surface area contributed by atoms with Crippen LogP contribution in [0.5, 0.6) is 0 Å². The van der Waals surface area contributed by atoms with Crippen LogP contribution in [-0.4, -0.2) is 21.1 Å². The maximum atomic E-state index is 4.36. The fourth-order valence-corrected chi connectivity index (χ4v) is 1.66. The lowest BCUT2D eigenvalue weighted by molar-refractivity contribution is 0.637. The summed E-state index contributed by atoms with van der Waals surface area (Å²) >= 11 is 0. The van der Waals surface area contributed by atoms with E-state index in [2.05, 4.69) is 22.3 Å². The van der Waals surface area contributed by atoms with Crippen LogP contribution < -0.4 is 5.32 Å². The number of nitrogens with one attached hydrogen (secondary N) is 1. The molecule has 0 fully saturated rings. The molecule has 4 heteroatoms. The summed E-state index contributed by atoms with van der Waals surface area (Å²) in [5, 5.41) is 7.74. The molecular formula is C12H18N4. The number of aryl methyl sites for hydroxylation is 1. The fraction of sp³-hybridized carbons (Fsp3) is 0.500. The molecule has 0 bridgehead atoms. The number of fused-ring (bicyclic) bond motifs is 1. The van der Waals surface area contributed by atoms with E-state index >= 15 is 0 Å². The van der Waals surface area contributed by atoms with Crippen LogP contribution in [0.1, 0.15) is 31.0 Å². The molecule has 0 spiro atoms. The molecule has 2 aromatic heterocycles. The Balaban J connectivity index is 2.02. The highest BCUT2D eigenvalue weighted by atomic mass is 15.2. The van der Waals surface area contributed by atoms with Crippen molar-refractivity contribution in [2.75, 3.05) is 6.54 Å². The molecule has 86 valence electrons. The van der Waals surface area contributed by atoms with Crippen LogP contribution in [0.15, 0.2) is 18.5 Å². The third-order valence-electron chi connectivity index (χ3n) is 2.53. The van der Waals surface area contributed by atoms with E-state index in [-0.39, 0.29) is 0 Å². The van der Waals surface area contributed by atoms with E-state index in [1.54, 1.807) is 0 Å². The van der Waals surface area contributed by atoms with Gasteiger partial charge in [-0.3, -0.25) is 0 Å². The van der Waals surface area contributed by atoms with Gasteiger partial charge in [-0.2, -0.15) is 5.10 Å². The highest BCUT2D eigenvalue weighted by molar-refractivity contribution is 5.38. The lowest BCUT2D eigenvalue weighted by atomic mass is 10.3. The Kier molecular flexibility index (Phi) is 3.51. The second kappa shape index (κ2) is 5.07. The Morgan fingerprint density at radius 2 is 2.31 bits per heavy atom. The van der Waals surface area contributed by atoms with Gasteiger partial charge in [-0.25, -0.2) is 9.50 Å². The Hall–Kier alpha value is -1.42. The van der Waals surface area contributed by atoms with Crippen LogP contribution in [0.2, 0.25) is 0 Å². The monoisotopic (exact) mass is 218 g/mol. The third kappa shape index (κ3) is 2.58. The predicted molar refractivity (Wildman–Crippen MR) is 64.3 cm³/mol. The standard InChI is InChI=1S/C12H18N4/c1-3-4-5-13-7-11-8-14-12-6-10(2)15-16(12)9-11/h6,8-9,13H,3-5,7H2,1-2H3. The van der Waals surface area contributed by atoms with Gasteiger partial charge in [-0.1, -0.05) is 13.3 Å². The number of unbranched alkanes of at least 4 members (excludes halogenated alkanes) is 1. The molecule has 16 heavy (non-hydrogen) atoms. The minimum Gasteiger partial charge on any atom is -0.313 e. The van der Waals surface area contributed by atoms with Gasteiger partial charge < -0.3 is 5.32 Å². The first kappa shape index (κ1) is 11.1. The van der Waals surface area contributed by atoms with E-state index < -0.39 is 0 Å². The summed E-state index contributed by atoms with van der Waals surface area (Å²) < 4.78 is 1.84. The van der Waals surface area contributed by atoms with Crippen molar-refractivity contribution < 1.29 is 0 Å². The first-order valence-electron chi connectivity index (χ1n) is 5.81. The van der Waals surface area contributed by atoms with Crippen molar-refractivity contribution in [3.8, 4) is 0 Å². The van der Waals surface area contributed by atoms with E-state index in [1.165, 1.54) is 18.4 Å². The maximum absolute atomic E-state index is 4.36. The van der Waals surface area contributed by atoms with Crippen molar-refractivity contribution in [1.29, 1.82) is 0 Å². The van der Waals surface area contributed by atoms with E-state index in [1.807, 2.05) is 29.9 Å². The van der Waals surface area contributed by atoms with Gasteiger partial charge in [-0.05, 0) is 19.9 Å². The highest BCUT2D eigenvalue weighted by Crippen LogP contribution is 2.04. The average molecular weight is 218 g/mol. The van der Waals surface area contributed by atoms with Crippen LogP contribution in [0.3, 0.4) is 0 Å². The van der Waals surface area contributed by atoms with Crippen molar-refractivity contribution in [2.45, 2.75) is 33.2 Å². The number of hydrogen-bond donors (Lipinski definition) is 1. The van der Waals surface area contributed by atoms with E-state index in [4.69, 9.17) is 0 Å². The number of rotatable bonds is 5. The summed E-state index contributed by atoms with van der Waals surface area (Å²) in [4.78, 5) is 4.36. The second-order valence-electron chi connectivity index (χ2n) is 4.08. The smallest absolute Gasteiger partial charge is 0.155 e. The van der Waals surface area contributed by atoms with Crippen molar-refractivity contribution in [1.82, 2.24) is 19.9 Å². The number of nitrogens with zero attached hydrogens (tertiary/aromatic N) is 3. The molecule has 0 saturated carbocycles. The molecule has 0 radical (unpaired) electrons. The zero-order chi connectivity index (χ0) is 11.4. The van der Waals surface area contributed by atoms with E-state index in [0.717, 1.165) is 24.4 Å². The van der Waals surface area contributed by atoms with E-state index in [9.17, 15) is 0 Å². The largest absolute Gasteiger partial charge is 0.313 e. The molecule has 0 aliphatic carbocycles. The molecule has 1 N–H and O–H groups in total. The highest BCUT2D eigenvalue weighted by Gasteiger charge is 2.00. The number of hydrogen-bond acceptors (Lipinski definition) is 3. The molecular weight excluding hydrogens is 200 g/mol. The summed E-state index contributed by atoms with van der Waals surface area (Å²) in [6, 6.07) is 1.98. The van der Waals surface area contributed by atoms with Crippen LogP contribution in [0.25, 0.3) is 5.65 Å². The molecule has 2 aromatic rings. The quantitative estimate of drug-likeness (QED) is 0.780. The summed E-state index contributed by atoms with van der Waals surface area (Å²) in [6.45, 7) is 6.10. The van der Waals surface area contributed by atoms with E-state index in [0.29, 0.717) is 0 Å². The van der Waals surface area contributed by atoms with Gasteiger partial charge in [0.15, 0.2) is 5.65 Å². The lowest BCUT2D eigenvalue weighted by Crippen LogP contribution is -2.15. The third-order valence-corrected chi connectivity index (χ3v) is 2.53. The van der Waals surface area contributed by atoms with Gasteiger partial charge in [0, 0.05) is 30.6 Å². The van der Waals surface area contributed by atoms with Crippen molar-refractivity contribution in [3.05, 3.63) is 29.7 Å². The van der Waals surface area contributed by atoms with Crippen LogP contribution in [0, 0.1) is 6.92 Å². The van der Waals surface area contributed by atoms with Gasteiger partial charge in [-0.15, -0.1) is 0 Å². The Bertz CT molecular complexity index is 461. The van der Waals surface area contributed by atoms with Crippen molar-refractivity contribution in [3.63, 3.8) is 0 Å². The average Bonchev–Trinajstić information content (AvgIpc) is 2.64. The molecule has 0 aliphatic heterocycles. The second-order valence-corrected chi connectivity index (χ2v) is 4.08. The van der Waals surface area contributed by atoms with Crippen molar-refractivity contribution >= 4 is 5.65 Å². The Morgan fingerprint density at radius 1 is 1.44 bits per heavy atom. The van der Waals surface area contributed by atoms with Crippen LogP contribution >= 0.6 is 0 Å². The molecule has 2 rings (SSSR count). The minimum absolute atomic E-state index is 0.863. The minimum atomic E-state index is 0.863. The normalized spacial score (nSPS) is 11.1. The Labute approximate surface area is 95.7 Å². The number of aromatic nitrogens is 3. The van der Waals surface area contributed by atoms with Gasteiger partial charge in [0.1, 0.15) is 0 Å². The molecule has 0 saturated heterocycles. The molecule has 2 heterocycles. The first-order chi connectivity index (χ1) is 7.79. The van der Waals surface area contributed by atoms with Gasteiger partial charge in [0.2, 0.25) is 0 Å². The first-order valence-corrected chi connectivity index (χ1v) is 5.81. The molecule has 0 aliphatic rings. The molecule has 0 atom stereocenters. The lowest BCUT2D eigenvalue weighted by Gasteiger charge is -2.03. The van der Waals surface area contributed by atoms with Crippen LogP contribution in [0.4, 0.5) is 0 Å². The van der Waals surface area contributed by atoms with Crippen molar-refractivity contribution in [2.24, 2.45) is 0 Å². The summed E-state index contributed by atoms with van der Waals surface area (Å²) in [6.07, 6.45) is 6.39. The van der Waals surface area contributed by atoms with Gasteiger partial charge in [0.25, 0.3) is 0 Å². The molecule has 4 nitrogen and oxygen atoms in total. The summed E-state index contributed by atoms with van der Waals surface area (Å²) in [7, 11) is 0. The zero-order valence-corrected chi connectivity index (χ0v) is 9.90. The summed E-state index contributed by atoms with van der Waals surface area (Å²) in [5.41, 5.74) is 3.09. The fourth-order valence-electron chi connectivity index (χ4n) is 1.66. The SMILES string of the molecule is CCCCNCc1cnc2cc(C)nn2c1. The van der Waals surface area contributed by atoms with Gasteiger partial charge in [0.05, 0.1) is 5.69 Å². The topological polar surface area (TPSA) is 42.2 Å². The van der Waals surface area contributed by atoms with Crippen LogP contribution in [-0.2, 0) is 6.54 Å². The molecule has 0 aromatic carbocycles.